The Morgan fingerprint density at radius 2 is 1.87 bits per heavy atom. The number of nitrogens with one attached hydrogen (secondary N) is 2. The lowest BCUT2D eigenvalue weighted by molar-refractivity contribution is 0.217. The molecule has 1 fully saturated rings. The molecule has 2 heterocycles. The fraction of sp³-hybridized carbons (Fsp3) is 0.348. The van der Waals surface area contributed by atoms with Crippen LogP contribution in [0.2, 0.25) is 5.02 Å². The molecule has 0 spiro atoms. The van der Waals surface area contributed by atoms with Gasteiger partial charge in [-0.1, -0.05) is 11.6 Å². The molecule has 2 aromatic carbocycles. The predicted octanol–water partition coefficient (Wildman–Crippen LogP) is 4.78. The molecule has 3 aromatic rings. The highest BCUT2D eigenvalue weighted by Crippen LogP contribution is 2.28. The summed E-state index contributed by atoms with van der Waals surface area (Å²) in [5.41, 5.74) is 3.23. The van der Waals surface area contributed by atoms with Crippen molar-refractivity contribution in [2.45, 2.75) is 19.3 Å². The summed E-state index contributed by atoms with van der Waals surface area (Å²) >= 11 is 6.25. The molecule has 1 aromatic heterocycles. The molecular formula is C23H27Cl2FN4O. The van der Waals surface area contributed by atoms with Crippen molar-refractivity contribution in [1.82, 2.24) is 20.1 Å². The number of aryl methyl sites for hydroxylation is 1. The molecule has 5 nitrogen and oxygen atoms in total. The number of nitrogens with zero attached hydrogens (tertiary/aromatic N) is 2. The summed E-state index contributed by atoms with van der Waals surface area (Å²) in [5.74, 6) is -0.241. The minimum Gasteiger partial charge on any atom is -0.336 e. The maximum absolute atomic E-state index is 13.3. The fourth-order valence-corrected chi connectivity index (χ4v) is 4.11. The van der Waals surface area contributed by atoms with Crippen LogP contribution in [0, 0.1) is 5.82 Å². The molecule has 0 saturated carbocycles. The molecule has 2 N–H and O–H groups in total. The SMILES string of the molecule is Cl.O=C1NCCN1CCCNCCCc1cn(-c2ccc(F)cc2)c2ccc(Cl)cc12. The molecule has 2 amide bonds. The van der Waals surface area contributed by atoms with Crippen LogP contribution in [-0.2, 0) is 6.42 Å². The van der Waals surface area contributed by atoms with Gasteiger partial charge < -0.3 is 20.1 Å². The number of hydrogen-bond acceptors (Lipinski definition) is 2. The normalized spacial score (nSPS) is 13.5. The van der Waals surface area contributed by atoms with Crippen LogP contribution in [0.5, 0.6) is 0 Å². The van der Waals surface area contributed by atoms with E-state index >= 15 is 0 Å². The van der Waals surface area contributed by atoms with E-state index in [1.807, 2.05) is 23.1 Å². The van der Waals surface area contributed by atoms with Crippen molar-refractivity contribution >= 4 is 40.9 Å². The monoisotopic (exact) mass is 464 g/mol. The smallest absolute Gasteiger partial charge is 0.317 e. The maximum Gasteiger partial charge on any atom is 0.317 e. The van der Waals surface area contributed by atoms with Gasteiger partial charge in [0, 0.05) is 41.9 Å². The number of carbonyl (C=O) groups excluding carboxylic acids is 1. The summed E-state index contributed by atoms with van der Waals surface area (Å²) in [4.78, 5) is 13.4. The summed E-state index contributed by atoms with van der Waals surface area (Å²) in [6.07, 6.45) is 5.00. The minimum absolute atomic E-state index is 0. The van der Waals surface area contributed by atoms with E-state index < -0.39 is 0 Å². The Morgan fingerprint density at radius 3 is 2.61 bits per heavy atom. The number of halogens is 3. The first-order chi connectivity index (χ1) is 14.6. The average molecular weight is 465 g/mol. The van der Waals surface area contributed by atoms with Crippen LogP contribution in [-0.4, -0.2) is 48.2 Å². The fourth-order valence-electron chi connectivity index (χ4n) is 3.93. The van der Waals surface area contributed by atoms with Gasteiger partial charge >= 0.3 is 6.03 Å². The Morgan fingerprint density at radius 1 is 1.10 bits per heavy atom. The number of carbonyl (C=O) groups is 1. The van der Waals surface area contributed by atoms with E-state index in [2.05, 4.69) is 21.4 Å². The summed E-state index contributed by atoms with van der Waals surface area (Å²) < 4.78 is 15.4. The molecule has 0 aliphatic carbocycles. The number of hydrogen-bond donors (Lipinski definition) is 2. The Labute approximate surface area is 193 Å². The molecule has 1 aliphatic rings. The van der Waals surface area contributed by atoms with Crippen LogP contribution in [0.1, 0.15) is 18.4 Å². The molecule has 8 heteroatoms. The van der Waals surface area contributed by atoms with Gasteiger partial charge in [-0.05, 0) is 80.4 Å². The standard InChI is InChI=1S/C23H26ClFN4O.ClH/c24-18-4-9-22-21(15-18)17(16-29(22)20-7-5-19(25)6-8-20)3-1-10-26-11-2-13-28-14-12-27-23(28)30;/h4-9,15-16,26H,1-3,10-14H2,(H,27,30);1H. The molecule has 0 radical (unpaired) electrons. The molecule has 166 valence electrons. The summed E-state index contributed by atoms with van der Waals surface area (Å²) in [7, 11) is 0. The zero-order chi connectivity index (χ0) is 20.9. The van der Waals surface area contributed by atoms with E-state index in [1.54, 1.807) is 12.1 Å². The van der Waals surface area contributed by atoms with Gasteiger partial charge in [0.25, 0.3) is 0 Å². The molecule has 0 atom stereocenters. The molecule has 1 saturated heterocycles. The van der Waals surface area contributed by atoms with Gasteiger partial charge in [-0.2, -0.15) is 0 Å². The summed E-state index contributed by atoms with van der Waals surface area (Å²) in [6.45, 7) is 4.16. The zero-order valence-electron chi connectivity index (χ0n) is 17.2. The largest absolute Gasteiger partial charge is 0.336 e. The molecule has 1 aliphatic heterocycles. The van der Waals surface area contributed by atoms with Crippen LogP contribution in [0.15, 0.2) is 48.7 Å². The maximum atomic E-state index is 13.3. The molecular weight excluding hydrogens is 438 g/mol. The van der Waals surface area contributed by atoms with Gasteiger partial charge in [-0.25, -0.2) is 9.18 Å². The van der Waals surface area contributed by atoms with Crippen molar-refractivity contribution in [2.24, 2.45) is 0 Å². The second kappa shape index (κ2) is 10.8. The van der Waals surface area contributed by atoms with Gasteiger partial charge in [0.15, 0.2) is 0 Å². The van der Waals surface area contributed by atoms with Crippen LogP contribution in [0.4, 0.5) is 9.18 Å². The Balaban J connectivity index is 0.00000272. The van der Waals surface area contributed by atoms with Gasteiger partial charge in [0.2, 0.25) is 0 Å². The van der Waals surface area contributed by atoms with E-state index in [0.29, 0.717) is 5.02 Å². The minimum atomic E-state index is -0.241. The Kier molecular flexibility index (Phi) is 8.18. The van der Waals surface area contributed by atoms with Crippen LogP contribution >= 0.6 is 24.0 Å². The molecule has 0 bridgehead atoms. The highest BCUT2D eigenvalue weighted by molar-refractivity contribution is 6.31. The average Bonchev–Trinajstić information content (AvgIpc) is 3.31. The number of rotatable bonds is 9. The first-order valence-corrected chi connectivity index (χ1v) is 10.8. The number of benzene rings is 2. The lowest BCUT2D eigenvalue weighted by Crippen LogP contribution is -2.31. The highest BCUT2D eigenvalue weighted by atomic mass is 35.5. The van der Waals surface area contributed by atoms with Crippen molar-refractivity contribution in [1.29, 1.82) is 0 Å². The van der Waals surface area contributed by atoms with E-state index in [1.165, 1.54) is 17.7 Å². The topological polar surface area (TPSA) is 49.3 Å². The highest BCUT2D eigenvalue weighted by Gasteiger charge is 2.18. The van der Waals surface area contributed by atoms with Gasteiger partial charge in [0.05, 0.1) is 5.52 Å². The predicted molar refractivity (Wildman–Crippen MR) is 126 cm³/mol. The summed E-state index contributed by atoms with van der Waals surface area (Å²) in [6, 6.07) is 12.5. The zero-order valence-corrected chi connectivity index (χ0v) is 18.8. The molecule has 4 rings (SSSR count). The first kappa shape index (κ1) is 23.4. The van der Waals surface area contributed by atoms with E-state index in [9.17, 15) is 9.18 Å². The lowest BCUT2D eigenvalue weighted by Gasteiger charge is -2.13. The number of urea groups is 1. The van der Waals surface area contributed by atoms with E-state index in [-0.39, 0.29) is 24.3 Å². The van der Waals surface area contributed by atoms with Crippen molar-refractivity contribution in [2.75, 3.05) is 32.7 Å². The lowest BCUT2D eigenvalue weighted by atomic mass is 10.1. The Hall–Kier alpha value is -2.28. The van der Waals surface area contributed by atoms with Crippen molar-refractivity contribution in [3.8, 4) is 5.69 Å². The quantitative estimate of drug-likeness (QED) is 0.447. The second-order valence-electron chi connectivity index (χ2n) is 7.59. The van der Waals surface area contributed by atoms with Crippen LogP contribution in [0.25, 0.3) is 16.6 Å². The van der Waals surface area contributed by atoms with Gasteiger partial charge in [-0.3, -0.25) is 0 Å². The Bertz CT molecular complexity index is 1020. The van der Waals surface area contributed by atoms with E-state index in [0.717, 1.165) is 68.6 Å². The van der Waals surface area contributed by atoms with Gasteiger partial charge in [0.1, 0.15) is 5.82 Å². The van der Waals surface area contributed by atoms with Crippen molar-refractivity contribution in [3.63, 3.8) is 0 Å². The number of aromatic nitrogens is 1. The number of fused-ring (bicyclic) bond motifs is 1. The van der Waals surface area contributed by atoms with Crippen LogP contribution < -0.4 is 10.6 Å². The van der Waals surface area contributed by atoms with Crippen molar-refractivity contribution in [3.05, 3.63) is 65.1 Å². The second-order valence-corrected chi connectivity index (χ2v) is 8.02. The van der Waals surface area contributed by atoms with Crippen molar-refractivity contribution < 1.29 is 9.18 Å². The molecule has 31 heavy (non-hydrogen) atoms. The summed E-state index contributed by atoms with van der Waals surface area (Å²) in [5, 5.41) is 8.13. The molecule has 0 unspecified atom stereocenters. The van der Waals surface area contributed by atoms with E-state index in [4.69, 9.17) is 11.6 Å². The first-order valence-electron chi connectivity index (χ1n) is 10.4. The number of amides is 2. The van der Waals surface area contributed by atoms with Crippen LogP contribution in [0.3, 0.4) is 0 Å². The third kappa shape index (κ3) is 5.70. The van der Waals surface area contributed by atoms with Gasteiger partial charge in [-0.15, -0.1) is 12.4 Å². The third-order valence-electron chi connectivity index (χ3n) is 5.48. The third-order valence-corrected chi connectivity index (χ3v) is 5.72.